The van der Waals surface area contributed by atoms with Crippen LogP contribution in [-0.4, -0.2) is 0 Å². The van der Waals surface area contributed by atoms with Gasteiger partial charge in [-0.25, -0.2) is 4.39 Å². The molecule has 0 heterocycles. The fourth-order valence-corrected chi connectivity index (χ4v) is 2.08. The molecule has 0 amide bonds. The second kappa shape index (κ2) is 5.57. The Kier molecular flexibility index (Phi) is 3.85. The number of benzene rings is 2. The Labute approximate surface area is 113 Å². The molecule has 19 heavy (non-hydrogen) atoms. The molecule has 0 atom stereocenters. The Morgan fingerprint density at radius 2 is 2.05 bits per heavy atom. The molecule has 0 unspecified atom stereocenters. The molecule has 0 fully saturated rings. The van der Waals surface area contributed by atoms with Crippen LogP contribution in [0.15, 0.2) is 55.2 Å². The number of anilines is 2. The number of hydrogen-bond acceptors (Lipinski definition) is 2. The fraction of sp³-hybridized carbons (Fsp3) is 0.125. The van der Waals surface area contributed by atoms with Crippen LogP contribution >= 0.6 is 0 Å². The summed E-state index contributed by atoms with van der Waals surface area (Å²) in [6.45, 7) is 6.39. The number of hydrogen-bond donors (Lipinski definition) is 1. The van der Waals surface area contributed by atoms with Crippen LogP contribution in [0, 0.1) is 12.7 Å². The lowest BCUT2D eigenvalue weighted by molar-refractivity contribution is 0.625. The van der Waals surface area contributed by atoms with Crippen LogP contribution in [0.5, 0.6) is 0 Å². The first-order chi connectivity index (χ1) is 9.10. The van der Waals surface area contributed by atoms with Crippen LogP contribution in [0.4, 0.5) is 15.8 Å². The molecule has 0 radical (unpaired) electrons. The third-order valence-electron chi connectivity index (χ3n) is 2.99. The highest BCUT2D eigenvalue weighted by Gasteiger charge is 2.07. The minimum absolute atomic E-state index is 0.226. The largest absolute Gasteiger partial charge is 0.399 e. The molecule has 3 heteroatoms. The van der Waals surface area contributed by atoms with Gasteiger partial charge in [0.25, 0.3) is 0 Å². The molecule has 0 aromatic heterocycles. The van der Waals surface area contributed by atoms with Crippen molar-refractivity contribution < 1.29 is 4.39 Å². The summed E-state index contributed by atoms with van der Waals surface area (Å²) in [6, 6.07) is 12.3. The first-order valence-corrected chi connectivity index (χ1v) is 6.10. The van der Waals surface area contributed by atoms with E-state index in [4.69, 9.17) is 5.73 Å². The summed E-state index contributed by atoms with van der Waals surface area (Å²) >= 11 is 0. The first kappa shape index (κ1) is 13.1. The molecule has 2 N–H and O–H groups in total. The van der Waals surface area contributed by atoms with Crippen LogP contribution in [0.2, 0.25) is 0 Å². The predicted molar refractivity (Wildman–Crippen MR) is 78.4 cm³/mol. The Balaban J connectivity index is 2.27. The second-order valence-corrected chi connectivity index (χ2v) is 4.49. The third-order valence-corrected chi connectivity index (χ3v) is 2.99. The lowest BCUT2D eigenvalue weighted by atomic mass is 10.1. The fourth-order valence-electron chi connectivity index (χ4n) is 2.08. The molecule has 0 aliphatic carbocycles. The van der Waals surface area contributed by atoms with E-state index >= 15 is 0 Å². The Morgan fingerprint density at radius 3 is 2.68 bits per heavy atom. The van der Waals surface area contributed by atoms with E-state index < -0.39 is 0 Å². The van der Waals surface area contributed by atoms with Crippen molar-refractivity contribution in [1.29, 1.82) is 0 Å². The zero-order valence-electron chi connectivity index (χ0n) is 10.9. The molecule has 0 aliphatic heterocycles. The van der Waals surface area contributed by atoms with Gasteiger partial charge in [0.15, 0.2) is 0 Å². The molecule has 98 valence electrons. The summed E-state index contributed by atoms with van der Waals surface area (Å²) in [4.78, 5) is 1.98. The van der Waals surface area contributed by atoms with Gasteiger partial charge in [0.2, 0.25) is 0 Å². The van der Waals surface area contributed by atoms with Crippen molar-refractivity contribution >= 4 is 11.4 Å². The van der Waals surface area contributed by atoms with Gasteiger partial charge in [0.1, 0.15) is 5.82 Å². The summed E-state index contributed by atoms with van der Waals surface area (Å²) in [5.41, 5.74) is 9.47. The first-order valence-electron chi connectivity index (χ1n) is 6.10. The van der Waals surface area contributed by atoms with Gasteiger partial charge in [-0.3, -0.25) is 0 Å². The highest BCUT2D eigenvalue weighted by molar-refractivity contribution is 5.60. The molecule has 0 spiro atoms. The van der Waals surface area contributed by atoms with Gasteiger partial charge < -0.3 is 10.6 Å². The minimum Gasteiger partial charge on any atom is -0.399 e. The monoisotopic (exact) mass is 256 g/mol. The van der Waals surface area contributed by atoms with Gasteiger partial charge in [-0.1, -0.05) is 18.7 Å². The van der Waals surface area contributed by atoms with Crippen molar-refractivity contribution in [2.75, 3.05) is 10.6 Å². The number of halogens is 1. The van der Waals surface area contributed by atoms with Gasteiger partial charge in [-0.15, -0.1) is 0 Å². The van der Waals surface area contributed by atoms with Crippen LogP contribution in [0.25, 0.3) is 0 Å². The number of nitrogens with zero attached hydrogens (tertiary/aromatic N) is 1. The maximum atomic E-state index is 13.2. The smallest absolute Gasteiger partial charge is 0.123 e. The summed E-state index contributed by atoms with van der Waals surface area (Å²) in [7, 11) is 0. The number of aryl methyl sites for hydroxylation is 1. The van der Waals surface area contributed by atoms with E-state index in [-0.39, 0.29) is 5.82 Å². The van der Waals surface area contributed by atoms with Gasteiger partial charge in [-0.05, 0) is 54.6 Å². The normalized spacial score (nSPS) is 10.2. The van der Waals surface area contributed by atoms with E-state index in [1.54, 1.807) is 12.3 Å². The Hall–Kier alpha value is -2.29. The highest BCUT2D eigenvalue weighted by Crippen LogP contribution is 2.24. The van der Waals surface area contributed by atoms with E-state index in [9.17, 15) is 4.39 Å². The molecule has 2 nitrogen and oxygen atoms in total. The van der Waals surface area contributed by atoms with E-state index in [1.165, 1.54) is 12.1 Å². The predicted octanol–water partition coefficient (Wildman–Crippen LogP) is 3.87. The van der Waals surface area contributed by atoms with E-state index in [0.717, 1.165) is 22.5 Å². The van der Waals surface area contributed by atoms with Crippen molar-refractivity contribution in [2.45, 2.75) is 13.5 Å². The van der Waals surface area contributed by atoms with E-state index in [1.807, 2.05) is 36.1 Å². The van der Waals surface area contributed by atoms with Gasteiger partial charge in [0.05, 0.1) is 0 Å². The number of nitrogens with two attached hydrogens (primary N) is 1. The molecule has 0 bridgehead atoms. The second-order valence-electron chi connectivity index (χ2n) is 4.49. The number of nitrogen functional groups attached to an aromatic ring is 1. The maximum absolute atomic E-state index is 13.2. The minimum atomic E-state index is -0.226. The van der Waals surface area contributed by atoms with Gasteiger partial charge in [0, 0.05) is 17.9 Å². The summed E-state index contributed by atoms with van der Waals surface area (Å²) in [5, 5.41) is 0. The van der Waals surface area contributed by atoms with Crippen LogP contribution in [0.3, 0.4) is 0 Å². The molecule has 0 saturated carbocycles. The molecule has 0 aliphatic rings. The van der Waals surface area contributed by atoms with Gasteiger partial charge >= 0.3 is 0 Å². The Bertz CT molecular complexity index is 593. The lowest BCUT2D eigenvalue weighted by Crippen LogP contribution is -2.16. The maximum Gasteiger partial charge on any atom is 0.123 e. The van der Waals surface area contributed by atoms with Crippen LogP contribution < -0.4 is 10.6 Å². The van der Waals surface area contributed by atoms with Crippen molar-refractivity contribution in [3.05, 3.63) is 72.2 Å². The summed E-state index contributed by atoms with van der Waals surface area (Å²) in [6.07, 6.45) is 1.74. The van der Waals surface area contributed by atoms with E-state index in [0.29, 0.717) is 6.54 Å². The number of rotatable bonds is 4. The quantitative estimate of drug-likeness (QED) is 0.841. The average molecular weight is 256 g/mol. The molecular weight excluding hydrogens is 239 g/mol. The standard InChI is InChI=1S/C16H17FN2/c1-3-19(11-13-5-4-6-14(17)10-13)16-8-7-15(18)9-12(16)2/h3-10H,1,11,18H2,2H3. The lowest BCUT2D eigenvalue weighted by Gasteiger charge is -2.22. The molecular formula is C16H17FN2. The average Bonchev–Trinajstić information content (AvgIpc) is 2.37. The molecule has 0 saturated heterocycles. The van der Waals surface area contributed by atoms with Crippen molar-refractivity contribution in [2.24, 2.45) is 0 Å². The van der Waals surface area contributed by atoms with Crippen LogP contribution in [-0.2, 0) is 6.54 Å². The summed E-state index contributed by atoms with van der Waals surface area (Å²) in [5.74, 6) is -0.226. The molecule has 2 rings (SSSR count). The zero-order valence-corrected chi connectivity index (χ0v) is 10.9. The highest BCUT2D eigenvalue weighted by atomic mass is 19.1. The SMILES string of the molecule is C=CN(Cc1cccc(F)c1)c1ccc(N)cc1C. The van der Waals surface area contributed by atoms with E-state index in [2.05, 4.69) is 6.58 Å². The van der Waals surface area contributed by atoms with Crippen LogP contribution in [0.1, 0.15) is 11.1 Å². The topological polar surface area (TPSA) is 29.3 Å². The van der Waals surface area contributed by atoms with Crippen molar-refractivity contribution in [3.63, 3.8) is 0 Å². The summed E-state index contributed by atoms with van der Waals surface area (Å²) < 4.78 is 13.2. The third kappa shape index (κ3) is 3.13. The Morgan fingerprint density at radius 1 is 1.26 bits per heavy atom. The van der Waals surface area contributed by atoms with Crippen molar-refractivity contribution in [1.82, 2.24) is 0 Å². The van der Waals surface area contributed by atoms with Crippen molar-refractivity contribution in [3.8, 4) is 0 Å². The van der Waals surface area contributed by atoms with Gasteiger partial charge in [-0.2, -0.15) is 0 Å². The molecule has 2 aromatic carbocycles. The zero-order chi connectivity index (χ0) is 13.8. The molecule has 2 aromatic rings.